The molecule has 1 saturated carbocycles. The van der Waals surface area contributed by atoms with E-state index in [4.69, 9.17) is 11.6 Å². The highest BCUT2D eigenvalue weighted by Gasteiger charge is 2.62. The number of hydrogen-bond acceptors (Lipinski definition) is 2. The summed E-state index contributed by atoms with van der Waals surface area (Å²) in [5, 5.41) is 0.579. The molecule has 3 nitrogen and oxygen atoms in total. The lowest BCUT2D eigenvalue weighted by Gasteiger charge is -2.21. The number of nitrogens with zero attached hydrogens (tertiary/aromatic N) is 1. The molecule has 0 aromatic heterocycles. The van der Waals surface area contributed by atoms with Crippen LogP contribution in [0.15, 0.2) is 103 Å². The molecule has 2 amide bonds. The van der Waals surface area contributed by atoms with Crippen molar-refractivity contribution >= 4 is 34.7 Å². The predicted molar refractivity (Wildman–Crippen MR) is 126 cm³/mol. The van der Waals surface area contributed by atoms with Gasteiger partial charge in [-0.15, -0.1) is 0 Å². The van der Waals surface area contributed by atoms with Gasteiger partial charge in [0.2, 0.25) is 11.8 Å². The fourth-order valence-electron chi connectivity index (χ4n) is 5.65. The molecular formula is C28H20ClNO2. The lowest BCUT2D eigenvalue weighted by molar-refractivity contribution is -0.122. The molecule has 0 spiro atoms. The maximum Gasteiger partial charge on any atom is 0.238 e. The zero-order chi connectivity index (χ0) is 21.8. The van der Waals surface area contributed by atoms with Crippen LogP contribution in [-0.4, -0.2) is 11.8 Å². The molecule has 156 valence electrons. The normalized spacial score (nSPS) is 25.5. The summed E-state index contributed by atoms with van der Waals surface area (Å²) in [7, 11) is 0. The van der Waals surface area contributed by atoms with Crippen LogP contribution >= 0.6 is 11.6 Å². The topological polar surface area (TPSA) is 37.4 Å². The van der Waals surface area contributed by atoms with E-state index in [0.717, 1.165) is 16.7 Å². The number of carbonyl (C=O) groups is 2. The van der Waals surface area contributed by atoms with E-state index >= 15 is 0 Å². The molecule has 1 aliphatic heterocycles. The standard InChI is InChI=1S/C28H20ClNO2/c29-19-11-13-20(14-12-19)30-27(31)25-21-15-16-22(26(25)28(30)32)24(21)23(17-7-3-1-4-8-17)18-9-5-2-6-10-18/h1-16,21-22,25-26H/t21-,22-,25+,26+/m0/s1. The summed E-state index contributed by atoms with van der Waals surface area (Å²) in [4.78, 5) is 28.4. The summed E-state index contributed by atoms with van der Waals surface area (Å²) < 4.78 is 0. The molecule has 1 saturated heterocycles. The maximum atomic E-state index is 13.5. The molecule has 4 heteroatoms. The van der Waals surface area contributed by atoms with E-state index in [-0.39, 0.29) is 35.5 Å². The van der Waals surface area contributed by atoms with E-state index in [9.17, 15) is 9.59 Å². The smallest absolute Gasteiger partial charge is 0.238 e. The Morgan fingerprint density at radius 1 is 0.656 bits per heavy atom. The van der Waals surface area contributed by atoms with Gasteiger partial charge in [-0.25, -0.2) is 4.90 Å². The van der Waals surface area contributed by atoms with E-state index in [1.165, 1.54) is 10.5 Å². The molecule has 0 unspecified atom stereocenters. The minimum absolute atomic E-state index is 0.0748. The molecular weight excluding hydrogens is 418 g/mol. The van der Waals surface area contributed by atoms with Gasteiger partial charge in [0.1, 0.15) is 0 Å². The number of benzene rings is 3. The minimum atomic E-state index is -0.356. The highest BCUT2D eigenvalue weighted by atomic mass is 35.5. The van der Waals surface area contributed by atoms with Crippen molar-refractivity contribution in [1.82, 2.24) is 0 Å². The first-order valence-corrected chi connectivity index (χ1v) is 11.2. The number of anilines is 1. The van der Waals surface area contributed by atoms with Gasteiger partial charge in [-0.1, -0.05) is 84.4 Å². The average molecular weight is 438 g/mol. The zero-order valence-corrected chi connectivity index (χ0v) is 17.9. The lowest BCUT2D eigenvalue weighted by Crippen LogP contribution is -2.33. The van der Waals surface area contributed by atoms with Gasteiger partial charge in [0.15, 0.2) is 0 Å². The van der Waals surface area contributed by atoms with Crippen LogP contribution in [0.2, 0.25) is 5.02 Å². The van der Waals surface area contributed by atoms with E-state index < -0.39 is 0 Å². The summed E-state index contributed by atoms with van der Waals surface area (Å²) in [5.41, 5.74) is 5.15. The molecule has 2 bridgehead atoms. The molecule has 3 aromatic rings. The summed E-state index contributed by atoms with van der Waals surface area (Å²) in [6.45, 7) is 0. The molecule has 32 heavy (non-hydrogen) atoms. The second-order valence-corrected chi connectivity index (χ2v) is 8.98. The summed E-state index contributed by atoms with van der Waals surface area (Å²) in [6, 6.07) is 27.5. The van der Waals surface area contributed by atoms with Crippen LogP contribution in [0.25, 0.3) is 5.57 Å². The Hall–Kier alpha value is -3.43. The highest BCUT2D eigenvalue weighted by molar-refractivity contribution is 6.31. The Kier molecular flexibility index (Phi) is 4.41. The van der Waals surface area contributed by atoms with E-state index in [0.29, 0.717) is 10.7 Å². The molecule has 4 atom stereocenters. The second-order valence-electron chi connectivity index (χ2n) is 8.54. The zero-order valence-electron chi connectivity index (χ0n) is 17.2. The van der Waals surface area contributed by atoms with Crippen LogP contribution in [0, 0.1) is 23.7 Å². The number of carbonyl (C=O) groups excluding carboxylic acids is 2. The predicted octanol–water partition coefficient (Wildman–Crippen LogP) is 5.76. The quantitative estimate of drug-likeness (QED) is 0.385. The average Bonchev–Trinajstić information content (AvgIpc) is 3.46. The maximum absolute atomic E-state index is 13.5. The number of rotatable bonds is 3. The van der Waals surface area contributed by atoms with Gasteiger partial charge in [-0.2, -0.15) is 0 Å². The third kappa shape index (κ3) is 2.74. The van der Waals surface area contributed by atoms with Crippen LogP contribution in [0.4, 0.5) is 5.69 Å². The fourth-order valence-corrected chi connectivity index (χ4v) is 5.78. The lowest BCUT2D eigenvalue weighted by atomic mass is 9.85. The summed E-state index contributed by atoms with van der Waals surface area (Å²) >= 11 is 6.01. The van der Waals surface area contributed by atoms with Crippen LogP contribution in [0.3, 0.4) is 0 Å². The van der Waals surface area contributed by atoms with Crippen molar-refractivity contribution in [1.29, 1.82) is 0 Å². The minimum Gasteiger partial charge on any atom is -0.274 e. The van der Waals surface area contributed by atoms with Crippen molar-refractivity contribution in [2.45, 2.75) is 0 Å². The van der Waals surface area contributed by atoms with Crippen molar-refractivity contribution in [2.24, 2.45) is 23.7 Å². The van der Waals surface area contributed by atoms with Gasteiger partial charge in [0.05, 0.1) is 17.5 Å². The Morgan fingerprint density at radius 2 is 1.12 bits per heavy atom. The van der Waals surface area contributed by atoms with Crippen LogP contribution in [0.1, 0.15) is 11.1 Å². The molecule has 3 aliphatic rings. The van der Waals surface area contributed by atoms with Gasteiger partial charge in [-0.05, 0) is 46.5 Å². The Labute approximate surface area is 191 Å². The first kappa shape index (κ1) is 19.3. The molecule has 6 rings (SSSR count). The number of halogens is 1. The van der Waals surface area contributed by atoms with Crippen LogP contribution in [-0.2, 0) is 9.59 Å². The molecule has 1 heterocycles. The Bertz CT molecular complexity index is 1200. The van der Waals surface area contributed by atoms with E-state index in [2.05, 4.69) is 36.4 Å². The van der Waals surface area contributed by atoms with Gasteiger partial charge in [0, 0.05) is 16.9 Å². The van der Waals surface area contributed by atoms with Crippen molar-refractivity contribution < 1.29 is 9.59 Å². The number of imide groups is 1. The monoisotopic (exact) mass is 437 g/mol. The molecule has 3 aromatic carbocycles. The number of allylic oxidation sites excluding steroid dienone is 3. The first-order valence-electron chi connectivity index (χ1n) is 10.8. The van der Waals surface area contributed by atoms with Gasteiger partial charge in [0.25, 0.3) is 0 Å². The van der Waals surface area contributed by atoms with Crippen LogP contribution < -0.4 is 4.90 Å². The van der Waals surface area contributed by atoms with Crippen molar-refractivity contribution in [3.8, 4) is 0 Å². The Morgan fingerprint density at radius 3 is 1.59 bits per heavy atom. The summed E-state index contributed by atoms with van der Waals surface area (Å²) in [6.07, 6.45) is 4.26. The van der Waals surface area contributed by atoms with Crippen LogP contribution in [0.5, 0.6) is 0 Å². The van der Waals surface area contributed by atoms with Crippen molar-refractivity contribution in [3.63, 3.8) is 0 Å². The van der Waals surface area contributed by atoms with Gasteiger partial charge < -0.3 is 0 Å². The number of hydrogen-bond donors (Lipinski definition) is 0. The third-order valence-corrected chi connectivity index (χ3v) is 7.17. The first-order chi connectivity index (χ1) is 15.6. The fraction of sp³-hybridized carbons (Fsp3) is 0.143. The second kappa shape index (κ2) is 7.32. The molecule has 2 aliphatic carbocycles. The largest absolute Gasteiger partial charge is 0.274 e. The Balaban J connectivity index is 1.48. The third-order valence-electron chi connectivity index (χ3n) is 6.91. The summed E-state index contributed by atoms with van der Waals surface area (Å²) in [5.74, 6) is -1.09. The SMILES string of the molecule is O=C1[C@H]2[C@H](C(=O)N1c1ccc(Cl)cc1)[C@H]1C=C[C@H]2C1=C(c1ccccc1)c1ccccc1. The molecule has 0 N–H and O–H groups in total. The van der Waals surface area contributed by atoms with Gasteiger partial charge >= 0.3 is 0 Å². The van der Waals surface area contributed by atoms with E-state index in [1.807, 2.05) is 36.4 Å². The number of fused-ring (bicyclic) bond motifs is 5. The van der Waals surface area contributed by atoms with Gasteiger partial charge in [-0.3, -0.25) is 9.59 Å². The number of amides is 2. The molecule has 2 fully saturated rings. The highest BCUT2D eigenvalue weighted by Crippen LogP contribution is 2.58. The van der Waals surface area contributed by atoms with Crippen molar-refractivity contribution in [2.75, 3.05) is 4.90 Å². The van der Waals surface area contributed by atoms with Crippen molar-refractivity contribution in [3.05, 3.63) is 119 Å². The van der Waals surface area contributed by atoms with E-state index in [1.54, 1.807) is 24.3 Å². The molecule has 0 radical (unpaired) electrons.